The van der Waals surface area contributed by atoms with E-state index in [0.717, 1.165) is 16.7 Å². The number of allylic oxidation sites excluding steroid dienone is 2. The van der Waals surface area contributed by atoms with Gasteiger partial charge in [0.15, 0.2) is 29.8 Å². The van der Waals surface area contributed by atoms with Gasteiger partial charge in [0, 0.05) is 48.0 Å². The largest absolute Gasteiger partial charge is 0.493 e. The number of fused-ring (bicyclic) bond motifs is 6. The summed E-state index contributed by atoms with van der Waals surface area (Å²) in [5, 5.41) is 16.2. The van der Waals surface area contributed by atoms with Crippen LogP contribution in [-0.2, 0) is 35.0 Å². The number of nitrogens with zero attached hydrogens (tertiary/aromatic N) is 3. The Hall–Kier alpha value is -4.45. The summed E-state index contributed by atoms with van der Waals surface area (Å²) in [5.74, 6) is -0.298. The molecule has 2 amide bonds. The molecule has 1 aromatic rings. The number of amides is 2. The van der Waals surface area contributed by atoms with E-state index in [4.69, 9.17) is 23.7 Å². The van der Waals surface area contributed by atoms with Crippen molar-refractivity contribution in [1.82, 2.24) is 20.4 Å². The van der Waals surface area contributed by atoms with Gasteiger partial charge in [0.1, 0.15) is 17.7 Å². The smallest absolute Gasteiger partial charge is 0.408 e. The lowest BCUT2D eigenvalue weighted by molar-refractivity contribution is -0.125. The number of hydrogen-bond acceptors (Lipinski definition) is 12. The van der Waals surface area contributed by atoms with E-state index in [0.29, 0.717) is 23.5 Å². The Morgan fingerprint density at radius 2 is 1.76 bits per heavy atom. The first-order valence-corrected chi connectivity index (χ1v) is 16.7. The molecule has 50 heavy (non-hydrogen) atoms. The molecule has 0 spiro atoms. The number of aryl methyl sites for hydroxylation is 1. The summed E-state index contributed by atoms with van der Waals surface area (Å²) < 4.78 is 28.1. The fourth-order valence-electron chi connectivity index (χ4n) is 7.95. The first-order valence-electron chi connectivity index (χ1n) is 16.7. The van der Waals surface area contributed by atoms with Gasteiger partial charge in [0.05, 0.1) is 32.4 Å². The number of Topliss-reactive ketones (excluding diaryl/α,β-unsaturated/α-hetero) is 2. The van der Waals surface area contributed by atoms with Crippen molar-refractivity contribution in [3.63, 3.8) is 0 Å². The maximum atomic E-state index is 14.1. The van der Waals surface area contributed by atoms with Crippen LogP contribution in [0.5, 0.6) is 11.5 Å². The summed E-state index contributed by atoms with van der Waals surface area (Å²) in [6, 6.07) is 0.775. The average Bonchev–Trinajstić information content (AvgIpc) is 3.04. The molecule has 270 valence electrons. The lowest BCUT2D eigenvalue weighted by atomic mass is 9.69. The third kappa shape index (κ3) is 6.34. The Balaban J connectivity index is 1.62. The number of hydrogen-bond donors (Lipinski definition) is 2. The molecule has 0 saturated carbocycles. The molecule has 0 radical (unpaired) electrons. The molecule has 3 aliphatic heterocycles. The zero-order chi connectivity index (χ0) is 36.8. The molecule has 2 bridgehead atoms. The van der Waals surface area contributed by atoms with E-state index in [1.807, 2.05) is 18.9 Å². The summed E-state index contributed by atoms with van der Waals surface area (Å²) in [7, 11) is 6.41. The van der Waals surface area contributed by atoms with E-state index >= 15 is 0 Å². The lowest BCUT2D eigenvalue weighted by Crippen LogP contribution is -2.71. The van der Waals surface area contributed by atoms with Gasteiger partial charge in [-0.15, -0.1) is 0 Å². The van der Waals surface area contributed by atoms with Gasteiger partial charge in [-0.05, 0) is 72.6 Å². The van der Waals surface area contributed by atoms with E-state index in [1.54, 1.807) is 34.8 Å². The number of carbonyl (C=O) groups is 4. The van der Waals surface area contributed by atoms with Crippen LogP contribution in [0.2, 0.25) is 0 Å². The average molecular weight is 694 g/mol. The molecule has 1 aromatic carbocycles. The predicted octanol–water partition coefficient (Wildman–Crippen LogP) is 2.63. The Kier molecular flexibility index (Phi) is 10.3. The van der Waals surface area contributed by atoms with Gasteiger partial charge in [-0.1, -0.05) is 6.07 Å². The fraction of sp³-hybridized carbons (Fsp3) is 0.583. The Morgan fingerprint density at radius 3 is 2.36 bits per heavy atom. The highest BCUT2D eigenvalue weighted by Crippen LogP contribution is 2.54. The number of nitriles is 1. The number of methoxy groups -OCH3 is 3. The summed E-state index contributed by atoms with van der Waals surface area (Å²) in [5.41, 5.74) is 2.68. The summed E-state index contributed by atoms with van der Waals surface area (Å²) >= 11 is 0. The molecule has 1 saturated heterocycles. The second-order valence-electron chi connectivity index (χ2n) is 14.2. The van der Waals surface area contributed by atoms with Gasteiger partial charge in [-0.3, -0.25) is 24.2 Å². The van der Waals surface area contributed by atoms with E-state index in [9.17, 15) is 24.4 Å². The number of nitrogens with one attached hydrogen (secondary N) is 2. The molecule has 0 aromatic heterocycles. The van der Waals surface area contributed by atoms with Crippen LogP contribution in [0.1, 0.15) is 63.8 Å². The number of likely N-dealkylation sites (N-methyl/N-ethyl adjacent to an activating group) is 1. The summed E-state index contributed by atoms with van der Waals surface area (Å²) in [6.45, 7) is 10.0. The van der Waals surface area contributed by atoms with Crippen LogP contribution in [-0.4, -0.2) is 111 Å². The molecule has 2 N–H and O–H groups in total. The molecule has 1 aliphatic carbocycles. The quantitative estimate of drug-likeness (QED) is 0.287. The molecule has 3 heterocycles. The minimum Gasteiger partial charge on any atom is -0.493 e. The molecular formula is C36H47N5O9. The van der Waals surface area contributed by atoms with Crippen molar-refractivity contribution in [3.05, 3.63) is 45.2 Å². The standard InChI is InChI=1S/C36H47N5O9/c1-17-11-20-12-22-24(14-37)41-23(28(40(22)7)26(20)33(31(17)47-9)49-16-46-8)13-21-27(30(43)32(48-10)18(2)29(21)42)25(41)15-38-34(44)19(3)39-35(45)50-36(4,5)6/h11,19,22-25,28H,12-13,15-16H2,1-10H3,(H,38,44)(H,39,45)/t19-,22+,23?,24?,25+,28+/m1/s1. The zero-order valence-electron chi connectivity index (χ0n) is 30.4. The normalized spacial score (nSPS) is 25.5. The third-order valence-electron chi connectivity index (χ3n) is 9.96. The monoisotopic (exact) mass is 693 g/mol. The number of ketones is 2. The molecular weight excluding hydrogens is 646 g/mol. The van der Waals surface area contributed by atoms with Gasteiger partial charge >= 0.3 is 6.09 Å². The molecule has 6 atom stereocenters. The highest BCUT2D eigenvalue weighted by molar-refractivity contribution is 6.25. The van der Waals surface area contributed by atoms with Crippen LogP contribution in [0, 0.1) is 18.3 Å². The van der Waals surface area contributed by atoms with E-state index < -0.39 is 53.6 Å². The molecule has 4 aliphatic rings. The minimum atomic E-state index is -0.986. The number of piperazine rings is 1. The molecule has 14 nitrogen and oxygen atoms in total. The summed E-state index contributed by atoms with van der Waals surface area (Å²) in [6.07, 6.45) is -0.0997. The second-order valence-corrected chi connectivity index (χ2v) is 14.2. The number of alkyl carbamates (subject to hydrolysis) is 1. The van der Waals surface area contributed by atoms with Crippen molar-refractivity contribution in [1.29, 1.82) is 5.26 Å². The maximum Gasteiger partial charge on any atom is 0.408 e. The van der Waals surface area contributed by atoms with Crippen molar-refractivity contribution in [2.24, 2.45) is 0 Å². The van der Waals surface area contributed by atoms with Gasteiger partial charge in [0.25, 0.3) is 0 Å². The van der Waals surface area contributed by atoms with Crippen LogP contribution in [0.4, 0.5) is 4.79 Å². The Labute approximate surface area is 292 Å². The first-order chi connectivity index (χ1) is 23.6. The zero-order valence-corrected chi connectivity index (χ0v) is 30.4. The third-order valence-corrected chi connectivity index (χ3v) is 9.96. The first kappa shape index (κ1) is 36.8. The predicted molar refractivity (Wildman–Crippen MR) is 180 cm³/mol. The van der Waals surface area contributed by atoms with E-state index in [-0.39, 0.29) is 48.5 Å². The van der Waals surface area contributed by atoms with Crippen molar-refractivity contribution in [2.75, 3.05) is 41.7 Å². The summed E-state index contributed by atoms with van der Waals surface area (Å²) in [4.78, 5) is 58.1. The number of carbonyl (C=O) groups excluding carboxylic acids is 4. The van der Waals surface area contributed by atoms with Crippen LogP contribution >= 0.6 is 0 Å². The van der Waals surface area contributed by atoms with Crippen LogP contribution in [0.15, 0.2) is 28.5 Å². The van der Waals surface area contributed by atoms with Crippen LogP contribution < -0.4 is 20.1 Å². The van der Waals surface area contributed by atoms with Gasteiger partial charge in [-0.25, -0.2) is 4.79 Å². The van der Waals surface area contributed by atoms with Crippen molar-refractivity contribution in [2.45, 2.75) is 96.2 Å². The number of ether oxygens (including phenoxy) is 5. The fourth-order valence-corrected chi connectivity index (χ4v) is 7.95. The van der Waals surface area contributed by atoms with Gasteiger partial charge < -0.3 is 34.3 Å². The van der Waals surface area contributed by atoms with Crippen LogP contribution in [0.3, 0.4) is 0 Å². The van der Waals surface area contributed by atoms with Gasteiger partial charge in [-0.2, -0.15) is 5.26 Å². The van der Waals surface area contributed by atoms with E-state index in [2.05, 4.69) is 27.7 Å². The highest BCUT2D eigenvalue weighted by atomic mass is 16.7. The van der Waals surface area contributed by atoms with Gasteiger partial charge in [0.2, 0.25) is 11.7 Å². The minimum absolute atomic E-state index is 0.0302. The number of benzene rings is 1. The SMILES string of the molecule is COCOc1c(OC)c(C)cc2c1[C@@H]1C3CC4=C(C(=O)C(OC)=C(C)C4=O)[C@H](CNC(=O)[C@@H](C)NC(=O)OC(C)(C)C)N3C(C#N)[C@H](C2)N1C. The Bertz CT molecular complexity index is 1700. The van der Waals surface area contributed by atoms with Crippen LogP contribution in [0.25, 0.3) is 0 Å². The lowest BCUT2D eigenvalue weighted by Gasteiger charge is -2.60. The maximum absolute atomic E-state index is 14.1. The molecule has 5 rings (SSSR count). The molecule has 1 fully saturated rings. The number of rotatable bonds is 9. The van der Waals surface area contributed by atoms with Crippen molar-refractivity contribution in [3.8, 4) is 17.6 Å². The van der Waals surface area contributed by atoms with Crippen molar-refractivity contribution < 1.29 is 42.9 Å². The molecule has 14 heteroatoms. The van der Waals surface area contributed by atoms with E-state index in [1.165, 1.54) is 21.1 Å². The highest BCUT2D eigenvalue weighted by Gasteiger charge is 2.58. The Morgan fingerprint density at radius 1 is 1.06 bits per heavy atom. The molecule has 2 unspecified atom stereocenters. The van der Waals surface area contributed by atoms with Crippen molar-refractivity contribution >= 4 is 23.6 Å². The second kappa shape index (κ2) is 14.0. The topological polar surface area (TPSA) is 169 Å².